The average Bonchev–Trinajstić information content (AvgIpc) is 2.78. The molecule has 0 bridgehead atoms. The molecule has 1 N–H and O–H groups in total. The van der Waals surface area contributed by atoms with Crippen molar-refractivity contribution >= 4 is 16.7 Å². The van der Waals surface area contributed by atoms with Crippen molar-refractivity contribution in [2.45, 2.75) is 57.6 Å². The Kier molecular flexibility index (Phi) is 4.34. The van der Waals surface area contributed by atoms with Crippen LogP contribution in [0.1, 0.15) is 51.3 Å². The minimum Gasteiger partial charge on any atom is -0.381 e. The van der Waals surface area contributed by atoms with E-state index in [1.807, 2.05) is 0 Å². The molecule has 1 aromatic heterocycles. The Labute approximate surface area is 107 Å². The summed E-state index contributed by atoms with van der Waals surface area (Å²) in [5.41, 5.74) is 0. The van der Waals surface area contributed by atoms with Crippen LogP contribution in [0.2, 0.25) is 0 Å². The molecule has 5 heteroatoms. The first-order valence-corrected chi connectivity index (χ1v) is 7.09. The highest BCUT2D eigenvalue weighted by molar-refractivity contribution is 7.09. The van der Waals surface area contributed by atoms with Crippen LogP contribution in [0.5, 0.6) is 0 Å². The predicted molar refractivity (Wildman–Crippen MR) is 70.7 cm³/mol. The molecule has 2 unspecified atom stereocenters. The van der Waals surface area contributed by atoms with Crippen molar-refractivity contribution in [2.24, 2.45) is 0 Å². The van der Waals surface area contributed by atoms with Gasteiger partial charge in [0.05, 0.1) is 6.10 Å². The number of nitrogens with one attached hydrogen (secondary N) is 1. The summed E-state index contributed by atoms with van der Waals surface area (Å²) in [6.45, 7) is 4.24. The maximum absolute atomic E-state index is 5.43. The van der Waals surface area contributed by atoms with E-state index in [-0.39, 0.29) is 0 Å². The molecule has 1 saturated carbocycles. The van der Waals surface area contributed by atoms with E-state index in [1.165, 1.54) is 30.8 Å². The largest absolute Gasteiger partial charge is 0.381 e. The van der Waals surface area contributed by atoms with Gasteiger partial charge in [-0.15, -0.1) is 0 Å². The van der Waals surface area contributed by atoms with E-state index >= 15 is 0 Å². The second-order valence-corrected chi connectivity index (χ2v) is 5.73. The summed E-state index contributed by atoms with van der Waals surface area (Å²) < 4.78 is 9.79. The van der Waals surface area contributed by atoms with Gasteiger partial charge in [-0.3, -0.25) is 0 Å². The van der Waals surface area contributed by atoms with Crippen LogP contribution in [0.15, 0.2) is 0 Å². The van der Waals surface area contributed by atoms with Crippen LogP contribution < -0.4 is 5.32 Å². The lowest BCUT2D eigenvalue weighted by Gasteiger charge is -2.28. The molecule has 1 aliphatic rings. The highest BCUT2D eigenvalue weighted by Gasteiger charge is 2.22. The normalized spacial score (nSPS) is 25.2. The van der Waals surface area contributed by atoms with Gasteiger partial charge in [0.15, 0.2) is 0 Å². The Morgan fingerprint density at radius 2 is 2.24 bits per heavy atom. The fourth-order valence-electron chi connectivity index (χ4n) is 2.19. The summed E-state index contributed by atoms with van der Waals surface area (Å²) in [6.07, 6.45) is 5.09. The first kappa shape index (κ1) is 12.8. The lowest BCUT2D eigenvalue weighted by atomic mass is 9.93. The summed E-state index contributed by atoms with van der Waals surface area (Å²) >= 11 is 1.47. The lowest BCUT2D eigenvalue weighted by Crippen LogP contribution is -2.30. The van der Waals surface area contributed by atoms with Crippen molar-refractivity contribution in [1.29, 1.82) is 0 Å². The molecular formula is C12H21N3OS. The fraction of sp³-hybridized carbons (Fsp3) is 0.833. The maximum Gasteiger partial charge on any atom is 0.202 e. The second-order valence-electron chi connectivity index (χ2n) is 4.98. The molecule has 0 saturated heterocycles. The number of ether oxygens (including phenoxy) is 1. The molecule has 96 valence electrons. The van der Waals surface area contributed by atoms with E-state index in [9.17, 15) is 0 Å². The van der Waals surface area contributed by atoms with Gasteiger partial charge in [0, 0.05) is 30.6 Å². The van der Waals surface area contributed by atoms with Gasteiger partial charge in [-0.05, 0) is 25.7 Å². The van der Waals surface area contributed by atoms with Gasteiger partial charge in [0.1, 0.15) is 5.82 Å². The van der Waals surface area contributed by atoms with Gasteiger partial charge >= 0.3 is 0 Å². The monoisotopic (exact) mass is 255 g/mol. The first-order valence-electron chi connectivity index (χ1n) is 6.32. The highest BCUT2D eigenvalue weighted by Crippen LogP contribution is 2.25. The molecule has 2 rings (SSSR count). The quantitative estimate of drug-likeness (QED) is 0.898. The molecule has 0 amide bonds. The number of nitrogens with zero attached hydrogens (tertiary/aromatic N) is 2. The van der Waals surface area contributed by atoms with Gasteiger partial charge in [-0.25, -0.2) is 4.98 Å². The van der Waals surface area contributed by atoms with E-state index < -0.39 is 0 Å². The lowest BCUT2D eigenvalue weighted by molar-refractivity contribution is 0.0669. The number of aromatic nitrogens is 2. The molecule has 0 aliphatic heterocycles. The Morgan fingerprint density at radius 3 is 2.88 bits per heavy atom. The second kappa shape index (κ2) is 5.78. The maximum atomic E-state index is 5.43. The van der Waals surface area contributed by atoms with Gasteiger partial charge in [0.25, 0.3) is 0 Å². The minimum absolute atomic E-state index is 0.402. The van der Waals surface area contributed by atoms with Crippen LogP contribution in [-0.2, 0) is 4.74 Å². The number of methoxy groups -OCH3 is 1. The molecule has 0 spiro atoms. The molecule has 1 heterocycles. The summed E-state index contributed by atoms with van der Waals surface area (Å²) in [7, 11) is 1.80. The third kappa shape index (κ3) is 3.39. The van der Waals surface area contributed by atoms with Gasteiger partial charge in [-0.2, -0.15) is 4.37 Å². The molecule has 1 aliphatic carbocycles. The number of rotatable bonds is 4. The predicted octanol–water partition coefficient (Wildman–Crippen LogP) is 3.03. The minimum atomic E-state index is 0.402. The summed E-state index contributed by atoms with van der Waals surface area (Å²) in [6, 6.07) is 0.488. The Bertz CT molecular complexity index is 353. The Hall–Kier alpha value is -0.680. The number of hydrogen-bond acceptors (Lipinski definition) is 5. The van der Waals surface area contributed by atoms with Gasteiger partial charge in [-0.1, -0.05) is 13.8 Å². The van der Waals surface area contributed by atoms with Crippen LogP contribution in [0.3, 0.4) is 0 Å². The van der Waals surface area contributed by atoms with Crippen molar-refractivity contribution < 1.29 is 4.74 Å². The van der Waals surface area contributed by atoms with Gasteiger partial charge in [0.2, 0.25) is 5.13 Å². The third-order valence-corrected chi connectivity index (χ3v) is 3.91. The van der Waals surface area contributed by atoms with Crippen LogP contribution in [0.4, 0.5) is 5.13 Å². The molecule has 1 fully saturated rings. The average molecular weight is 255 g/mol. The molecular weight excluding hydrogens is 234 g/mol. The number of hydrogen-bond donors (Lipinski definition) is 1. The topological polar surface area (TPSA) is 47.0 Å². The molecule has 0 radical (unpaired) electrons. The van der Waals surface area contributed by atoms with Crippen LogP contribution in [0.25, 0.3) is 0 Å². The van der Waals surface area contributed by atoms with E-state index in [0.717, 1.165) is 17.4 Å². The zero-order chi connectivity index (χ0) is 12.3. The molecule has 0 aromatic carbocycles. The van der Waals surface area contributed by atoms with E-state index in [4.69, 9.17) is 4.74 Å². The molecule has 1 aromatic rings. The van der Waals surface area contributed by atoms with Crippen LogP contribution in [0, 0.1) is 0 Å². The summed E-state index contributed by atoms with van der Waals surface area (Å²) in [5.74, 6) is 1.34. The van der Waals surface area contributed by atoms with Crippen LogP contribution in [-0.4, -0.2) is 28.6 Å². The Morgan fingerprint density at radius 1 is 1.41 bits per heavy atom. The number of anilines is 1. The fourth-order valence-corrected chi connectivity index (χ4v) is 2.98. The van der Waals surface area contributed by atoms with Crippen molar-refractivity contribution in [3.05, 3.63) is 5.82 Å². The van der Waals surface area contributed by atoms with Crippen LogP contribution >= 0.6 is 11.5 Å². The zero-order valence-electron chi connectivity index (χ0n) is 10.8. The SMILES string of the molecule is COC1CCCC(Nc2nc(C(C)C)ns2)C1. The summed E-state index contributed by atoms with van der Waals surface area (Å²) in [4.78, 5) is 4.51. The highest BCUT2D eigenvalue weighted by atomic mass is 32.1. The molecule has 4 nitrogen and oxygen atoms in total. The van der Waals surface area contributed by atoms with E-state index in [1.54, 1.807) is 7.11 Å². The molecule has 2 atom stereocenters. The first-order chi connectivity index (χ1) is 8.19. The van der Waals surface area contributed by atoms with E-state index in [2.05, 4.69) is 28.5 Å². The van der Waals surface area contributed by atoms with Gasteiger partial charge < -0.3 is 10.1 Å². The van der Waals surface area contributed by atoms with Crippen molar-refractivity contribution in [2.75, 3.05) is 12.4 Å². The standard InChI is InChI=1S/C12H21N3OS/c1-8(2)11-14-12(17-15-11)13-9-5-4-6-10(7-9)16-3/h8-10H,4-7H2,1-3H3,(H,13,14,15). The molecule has 17 heavy (non-hydrogen) atoms. The van der Waals surface area contributed by atoms with E-state index in [0.29, 0.717) is 18.1 Å². The Balaban J connectivity index is 1.91. The third-order valence-electron chi connectivity index (χ3n) is 3.25. The van der Waals surface area contributed by atoms with Crippen molar-refractivity contribution in [3.8, 4) is 0 Å². The smallest absolute Gasteiger partial charge is 0.202 e. The van der Waals surface area contributed by atoms with Crippen molar-refractivity contribution in [3.63, 3.8) is 0 Å². The summed E-state index contributed by atoms with van der Waals surface area (Å²) in [5, 5.41) is 4.44. The van der Waals surface area contributed by atoms with Crippen molar-refractivity contribution in [1.82, 2.24) is 9.36 Å². The zero-order valence-corrected chi connectivity index (χ0v) is 11.6.